The lowest BCUT2D eigenvalue weighted by atomic mass is 10.1. The van der Waals surface area contributed by atoms with E-state index in [-0.39, 0.29) is 11.0 Å². The number of sulfone groups is 1. The molecular formula is C15H23NO3S. The third kappa shape index (κ3) is 3.96. The van der Waals surface area contributed by atoms with Crippen molar-refractivity contribution in [3.8, 4) is 5.75 Å². The SMILES string of the molecule is COc1ccc(CNC2CC2)cc1CS(=O)(=O)C(C)C. The molecule has 1 fully saturated rings. The Hall–Kier alpha value is -1.07. The van der Waals surface area contributed by atoms with Crippen LogP contribution in [-0.4, -0.2) is 26.8 Å². The van der Waals surface area contributed by atoms with Gasteiger partial charge in [0.15, 0.2) is 9.84 Å². The van der Waals surface area contributed by atoms with Crippen LogP contribution < -0.4 is 10.1 Å². The van der Waals surface area contributed by atoms with Crippen molar-refractivity contribution in [2.75, 3.05) is 7.11 Å². The number of hydrogen-bond acceptors (Lipinski definition) is 4. The van der Waals surface area contributed by atoms with E-state index in [1.807, 2.05) is 18.2 Å². The van der Waals surface area contributed by atoms with Crippen LogP contribution in [0.25, 0.3) is 0 Å². The van der Waals surface area contributed by atoms with Crippen molar-refractivity contribution in [1.29, 1.82) is 0 Å². The molecule has 1 N–H and O–H groups in total. The number of benzene rings is 1. The maximum atomic E-state index is 12.1. The second kappa shape index (κ2) is 6.14. The Morgan fingerprint density at radius 2 is 2.05 bits per heavy atom. The van der Waals surface area contributed by atoms with Gasteiger partial charge in [-0.05, 0) is 44.4 Å². The van der Waals surface area contributed by atoms with Gasteiger partial charge in [0.2, 0.25) is 0 Å². The molecule has 1 aliphatic rings. The standard InChI is InChI=1S/C15H23NO3S/c1-11(2)20(17,18)10-13-8-12(4-7-15(13)19-3)9-16-14-5-6-14/h4,7-8,11,14,16H,5-6,9-10H2,1-3H3. The minimum Gasteiger partial charge on any atom is -0.496 e. The van der Waals surface area contributed by atoms with E-state index < -0.39 is 9.84 Å². The lowest BCUT2D eigenvalue weighted by Gasteiger charge is -2.13. The first kappa shape index (κ1) is 15.3. The van der Waals surface area contributed by atoms with Gasteiger partial charge in [-0.25, -0.2) is 8.42 Å². The highest BCUT2D eigenvalue weighted by molar-refractivity contribution is 7.91. The van der Waals surface area contributed by atoms with E-state index in [9.17, 15) is 8.42 Å². The minimum atomic E-state index is -3.12. The van der Waals surface area contributed by atoms with Gasteiger partial charge >= 0.3 is 0 Å². The Labute approximate surface area is 121 Å². The Bertz CT molecular complexity index is 562. The van der Waals surface area contributed by atoms with Crippen LogP contribution in [0.2, 0.25) is 0 Å². The minimum absolute atomic E-state index is 0.0328. The van der Waals surface area contributed by atoms with E-state index in [1.54, 1.807) is 21.0 Å². The van der Waals surface area contributed by atoms with Gasteiger partial charge in [0.1, 0.15) is 5.75 Å². The van der Waals surface area contributed by atoms with Crippen LogP contribution >= 0.6 is 0 Å². The third-order valence-corrected chi connectivity index (χ3v) is 5.74. The van der Waals surface area contributed by atoms with Crippen LogP contribution in [0.15, 0.2) is 18.2 Å². The molecule has 1 saturated carbocycles. The highest BCUT2D eigenvalue weighted by Crippen LogP contribution is 2.25. The maximum Gasteiger partial charge on any atom is 0.156 e. The summed E-state index contributed by atoms with van der Waals surface area (Å²) < 4.78 is 29.4. The summed E-state index contributed by atoms with van der Waals surface area (Å²) >= 11 is 0. The average Bonchev–Trinajstić information content (AvgIpc) is 3.20. The molecule has 20 heavy (non-hydrogen) atoms. The highest BCUT2D eigenvalue weighted by Gasteiger charge is 2.21. The quantitative estimate of drug-likeness (QED) is 0.839. The van der Waals surface area contributed by atoms with Crippen LogP contribution in [0, 0.1) is 0 Å². The first-order chi connectivity index (χ1) is 9.42. The van der Waals surface area contributed by atoms with Crippen LogP contribution in [0.1, 0.15) is 37.8 Å². The van der Waals surface area contributed by atoms with E-state index in [2.05, 4.69) is 5.32 Å². The summed E-state index contributed by atoms with van der Waals surface area (Å²) in [5, 5.41) is 3.06. The van der Waals surface area contributed by atoms with Gasteiger partial charge in [0.25, 0.3) is 0 Å². The van der Waals surface area contributed by atoms with Gasteiger partial charge in [-0.3, -0.25) is 0 Å². The lowest BCUT2D eigenvalue weighted by Crippen LogP contribution is -2.18. The molecule has 0 saturated heterocycles. The van der Waals surface area contributed by atoms with Crippen LogP contribution in [0.5, 0.6) is 5.75 Å². The molecule has 2 rings (SSSR count). The van der Waals surface area contributed by atoms with Gasteiger partial charge < -0.3 is 10.1 Å². The monoisotopic (exact) mass is 297 g/mol. The van der Waals surface area contributed by atoms with E-state index in [4.69, 9.17) is 4.74 Å². The number of hydrogen-bond donors (Lipinski definition) is 1. The predicted octanol–water partition coefficient (Wildman–Crippen LogP) is 2.27. The van der Waals surface area contributed by atoms with Gasteiger partial charge in [-0.15, -0.1) is 0 Å². The Balaban J connectivity index is 2.17. The van der Waals surface area contributed by atoms with Gasteiger partial charge in [-0.2, -0.15) is 0 Å². The van der Waals surface area contributed by atoms with Crippen molar-refractivity contribution in [2.24, 2.45) is 0 Å². The zero-order valence-corrected chi connectivity index (χ0v) is 13.2. The van der Waals surface area contributed by atoms with Gasteiger partial charge in [-0.1, -0.05) is 6.07 Å². The molecule has 0 aromatic heterocycles. The zero-order chi connectivity index (χ0) is 14.8. The molecule has 0 spiro atoms. The maximum absolute atomic E-state index is 12.1. The fourth-order valence-corrected chi connectivity index (χ4v) is 2.98. The molecular weight excluding hydrogens is 274 g/mol. The average molecular weight is 297 g/mol. The normalized spacial score (nSPS) is 15.6. The van der Waals surface area contributed by atoms with Crippen LogP contribution in [-0.2, 0) is 22.1 Å². The van der Waals surface area contributed by atoms with E-state index in [1.165, 1.54) is 12.8 Å². The first-order valence-electron chi connectivity index (χ1n) is 7.03. The fraction of sp³-hybridized carbons (Fsp3) is 0.600. The van der Waals surface area contributed by atoms with Crippen LogP contribution in [0.4, 0.5) is 0 Å². The van der Waals surface area contributed by atoms with E-state index in [0.29, 0.717) is 11.8 Å². The van der Waals surface area contributed by atoms with Crippen molar-refractivity contribution in [2.45, 2.75) is 50.3 Å². The molecule has 1 aliphatic carbocycles. The molecule has 0 radical (unpaired) electrons. The lowest BCUT2D eigenvalue weighted by molar-refractivity contribution is 0.410. The molecule has 1 aromatic rings. The number of methoxy groups -OCH3 is 1. The summed E-state index contributed by atoms with van der Waals surface area (Å²) in [5.74, 6) is 0.676. The van der Waals surface area contributed by atoms with Crippen molar-refractivity contribution in [1.82, 2.24) is 5.32 Å². The van der Waals surface area contributed by atoms with Crippen molar-refractivity contribution in [3.05, 3.63) is 29.3 Å². The van der Waals surface area contributed by atoms with E-state index >= 15 is 0 Å². The Kier molecular flexibility index (Phi) is 4.70. The molecule has 5 heteroatoms. The van der Waals surface area contributed by atoms with Gasteiger partial charge in [0, 0.05) is 18.2 Å². The van der Waals surface area contributed by atoms with Crippen LogP contribution in [0.3, 0.4) is 0 Å². The molecule has 112 valence electrons. The number of nitrogens with one attached hydrogen (secondary N) is 1. The number of rotatable bonds is 7. The summed E-state index contributed by atoms with van der Waals surface area (Å²) in [5.41, 5.74) is 1.85. The first-order valence-corrected chi connectivity index (χ1v) is 8.74. The number of ether oxygens (including phenoxy) is 1. The molecule has 0 aliphatic heterocycles. The third-order valence-electron chi connectivity index (χ3n) is 3.59. The molecule has 0 unspecified atom stereocenters. The molecule has 0 bridgehead atoms. The second-order valence-corrected chi connectivity index (χ2v) is 8.21. The van der Waals surface area contributed by atoms with Crippen molar-refractivity contribution >= 4 is 9.84 Å². The molecule has 4 nitrogen and oxygen atoms in total. The van der Waals surface area contributed by atoms with E-state index in [0.717, 1.165) is 17.7 Å². The summed E-state index contributed by atoms with van der Waals surface area (Å²) in [6.45, 7) is 4.20. The smallest absolute Gasteiger partial charge is 0.156 e. The topological polar surface area (TPSA) is 55.4 Å². The van der Waals surface area contributed by atoms with Crippen molar-refractivity contribution in [3.63, 3.8) is 0 Å². The zero-order valence-electron chi connectivity index (χ0n) is 12.3. The molecule has 0 heterocycles. The fourth-order valence-electron chi connectivity index (χ4n) is 1.99. The summed E-state index contributed by atoms with van der Waals surface area (Å²) in [4.78, 5) is 0. The largest absolute Gasteiger partial charge is 0.496 e. The summed E-state index contributed by atoms with van der Waals surface area (Å²) in [7, 11) is -1.55. The summed E-state index contributed by atoms with van der Waals surface area (Å²) in [6, 6.07) is 6.42. The molecule has 0 amide bonds. The van der Waals surface area contributed by atoms with Crippen molar-refractivity contribution < 1.29 is 13.2 Å². The highest BCUT2D eigenvalue weighted by atomic mass is 32.2. The predicted molar refractivity (Wildman–Crippen MR) is 80.6 cm³/mol. The Morgan fingerprint density at radius 1 is 1.35 bits per heavy atom. The molecule has 1 aromatic carbocycles. The second-order valence-electron chi connectivity index (χ2n) is 5.66. The van der Waals surface area contributed by atoms with Gasteiger partial charge in [0.05, 0.1) is 18.1 Å². The summed E-state index contributed by atoms with van der Waals surface area (Å²) in [6.07, 6.45) is 2.48. The Morgan fingerprint density at radius 3 is 2.60 bits per heavy atom. The molecule has 0 atom stereocenters.